The van der Waals surface area contributed by atoms with Crippen LogP contribution in [0.2, 0.25) is 0 Å². The third-order valence-electron chi connectivity index (χ3n) is 2.68. The van der Waals surface area contributed by atoms with Gasteiger partial charge < -0.3 is 5.73 Å². The molecular formula is C15H14N2. The molecule has 0 amide bonds. The third kappa shape index (κ3) is 2.11. The van der Waals surface area contributed by atoms with E-state index in [2.05, 4.69) is 18.1 Å². The predicted molar refractivity (Wildman–Crippen MR) is 74.3 cm³/mol. The van der Waals surface area contributed by atoms with Crippen LogP contribution >= 0.6 is 0 Å². The molecule has 0 aliphatic rings. The molecule has 84 valence electrons. The molecule has 0 bridgehead atoms. The second kappa shape index (κ2) is 4.66. The van der Waals surface area contributed by atoms with Gasteiger partial charge in [-0.25, -0.2) is 4.98 Å². The van der Waals surface area contributed by atoms with Gasteiger partial charge in [0, 0.05) is 11.8 Å². The van der Waals surface area contributed by atoms with Gasteiger partial charge in [-0.05, 0) is 22.8 Å². The molecule has 0 saturated carbocycles. The van der Waals surface area contributed by atoms with Gasteiger partial charge in [-0.15, -0.1) is 0 Å². The summed E-state index contributed by atoms with van der Waals surface area (Å²) in [4.78, 5) is 4.06. The standard InChI is InChI=1S/C15H14N2/c1-3-11-5-7-12(8-6-11)14-9-10-17-15(16)13(14)4-2/h3-10H,1-2H2,(H2,16,17). The molecule has 2 aromatic rings. The van der Waals surface area contributed by atoms with Crippen molar-refractivity contribution in [1.29, 1.82) is 0 Å². The van der Waals surface area contributed by atoms with Crippen molar-refractivity contribution in [2.24, 2.45) is 0 Å². The summed E-state index contributed by atoms with van der Waals surface area (Å²) in [5, 5.41) is 0. The lowest BCUT2D eigenvalue weighted by Gasteiger charge is -2.08. The molecule has 0 radical (unpaired) electrons. The molecule has 0 fully saturated rings. The first-order valence-corrected chi connectivity index (χ1v) is 5.36. The number of nitrogen functional groups attached to an aromatic ring is 1. The van der Waals surface area contributed by atoms with Gasteiger partial charge in [-0.2, -0.15) is 0 Å². The molecular weight excluding hydrogens is 208 g/mol. The first-order chi connectivity index (χ1) is 8.26. The van der Waals surface area contributed by atoms with Crippen molar-refractivity contribution in [1.82, 2.24) is 4.98 Å². The number of hydrogen-bond acceptors (Lipinski definition) is 2. The van der Waals surface area contributed by atoms with Crippen molar-refractivity contribution in [3.05, 3.63) is 60.8 Å². The van der Waals surface area contributed by atoms with Gasteiger partial charge >= 0.3 is 0 Å². The van der Waals surface area contributed by atoms with Gasteiger partial charge in [0.2, 0.25) is 0 Å². The highest BCUT2D eigenvalue weighted by Gasteiger charge is 2.05. The lowest BCUT2D eigenvalue weighted by atomic mass is 10.00. The van der Waals surface area contributed by atoms with Crippen LogP contribution in [0.5, 0.6) is 0 Å². The van der Waals surface area contributed by atoms with Crippen molar-refractivity contribution in [2.75, 3.05) is 5.73 Å². The van der Waals surface area contributed by atoms with Gasteiger partial charge in [-0.3, -0.25) is 0 Å². The Morgan fingerprint density at radius 1 is 1.00 bits per heavy atom. The fraction of sp³-hybridized carbons (Fsp3) is 0. The SMILES string of the molecule is C=Cc1ccc(-c2ccnc(N)c2C=C)cc1. The monoisotopic (exact) mass is 222 g/mol. The summed E-state index contributed by atoms with van der Waals surface area (Å²) in [5.41, 5.74) is 9.94. The third-order valence-corrected chi connectivity index (χ3v) is 2.68. The van der Waals surface area contributed by atoms with Crippen LogP contribution in [0, 0.1) is 0 Å². The van der Waals surface area contributed by atoms with Crippen molar-refractivity contribution in [3.63, 3.8) is 0 Å². The van der Waals surface area contributed by atoms with E-state index in [0.29, 0.717) is 5.82 Å². The molecule has 2 heteroatoms. The largest absolute Gasteiger partial charge is 0.383 e. The fourth-order valence-corrected chi connectivity index (χ4v) is 1.75. The summed E-state index contributed by atoms with van der Waals surface area (Å²) in [6.07, 6.45) is 5.26. The number of aromatic nitrogens is 1. The van der Waals surface area contributed by atoms with Gasteiger partial charge in [-0.1, -0.05) is 49.6 Å². The summed E-state index contributed by atoms with van der Waals surface area (Å²) in [5.74, 6) is 0.505. The first kappa shape index (κ1) is 11.1. The van der Waals surface area contributed by atoms with E-state index in [0.717, 1.165) is 22.3 Å². The van der Waals surface area contributed by atoms with Crippen molar-refractivity contribution < 1.29 is 0 Å². The molecule has 1 aromatic heterocycles. The van der Waals surface area contributed by atoms with Crippen LogP contribution in [0.4, 0.5) is 5.82 Å². The topological polar surface area (TPSA) is 38.9 Å². The van der Waals surface area contributed by atoms with Crippen molar-refractivity contribution >= 4 is 18.0 Å². The Morgan fingerprint density at radius 3 is 2.29 bits per heavy atom. The highest BCUT2D eigenvalue weighted by Crippen LogP contribution is 2.27. The van der Waals surface area contributed by atoms with Crippen molar-refractivity contribution in [3.8, 4) is 11.1 Å². The van der Waals surface area contributed by atoms with E-state index in [1.165, 1.54) is 0 Å². The highest BCUT2D eigenvalue weighted by atomic mass is 14.8. The van der Waals surface area contributed by atoms with Crippen LogP contribution in [0.3, 0.4) is 0 Å². The average Bonchev–Trinajstić information content (AvgIpc) is 2.38. The zero-order valence-corrected chi connectivity index (χ0v) is 9.56. The van der Waals surface area contributed by atoms with Crippen LogP contribution in [-0.4, -0.2) is 4.98 Å². The zero-order chi connectivity index (χ0) is 12.3. The Bertz CT molecular complexity index is 554. The number of benzene rings is 1. The molecule has 0 saturated heterocycles. The lowest BCUT2D eigenvalue weighted by molar-refractivity contribution is 1.32. The van der Waals surface area contributed by atoms with Crippen LogP contribution in [-0.2, 0) is 0 Å². The molecule has 2 nitrogen and oxygen atoms in total. The van der Waals surface area contributed by atoms with Crippen LogP contribution < -0.4 is 5.73 Å². The molecule has 0 aliphatic heterocycles. The fourth-order valence-electron chi connectivity index (χ4n) is 1.75. The smallest absolute Gasteiger partial charge is 0.131 e. The maximum absolute atomic E-state index is 5.83. The highest BCUT2D eigenvalue weighted by molar-refractivity contribution is 5.80. The second-order valence-electron chi connectivity index (χ2n) is 3.69. The average molecular weight is 222 g/mol. The Kier molecular flexibility index (Phi) is 3.06. The molecule has 0 spiro atoms. The molecule has 2 rings (SSSR count). The first-order valence-electron chi connectivity index (χ1n) is 5.36. The summed E-state index contributed by atoms with van der Waals surface area (Å²) >= 11 is 0. The van der Waals surface area contributed by atoms with Crippen LogP contribution in [0.25, 0.3) is 23.3 Å². The van der Waals surface area contributed by atoms with E-state index < -0.39 is 0 Å². The summed E-state index contributed by atoms with van der Waals surface area (Å²) in [7, 11) is 0. The summed E-state index contributed by atoms with van der Waals surface area (Å²) in [6.45, 7) is 7.51. The molecule has 0 unspecified atom stereocenters. The van der Waals surface area contributed by atoms with E-state index >= 15 is 0 Å². The maximum atomic E-state index is 5.83. The van der Waals surface area contributed by atoms with E-state index in [1.54, 1.807) is 12.3 Å². The lowest BCUT2D eigenvalue weighted by Crippen LogP contribution is -1.95. The Hall–Kier alpha value is -2.35. The van der Waals surface area contributed by atoms with E-state index in [4.69, 9.17) is 5.73 Å². The number of anilines is 1. The van der Waals surface area contributed by atoms with Gasteiger partial charge in [0.15, 0.2) is 0 Å². The van der Waals surface area contributed by atoms with Gasteiger partial charge in [0.25, 0.3) is 0 Å². The Balaban J connectivity index is 2.55. The van der Waals surface area contributed by atoms with Crippen LogP contribution in [0.15, 0.2) is 49.7 Å². The van der Waals surface area contributed by atoms with E-state index in [9.17, 15) is 0 Å². The molecule has 0 aliphatic carbocycles. The molecule has 0 atom stereocenters. The quantitative estimate of drug-likeness (QED) is 0.861. The van der Waals surface area contributed by atoms with Crippen molar-refractivity contribution in [2.45, 2.75) is 0 Å². The molecule has 1 heterocycles. The number of nitrogens with two attached hydrogens (primary N) is 1. The zero-order valence-electron chi connectivity index (χ0n) is 9.56. The summed E-state index contributed by atoms with van der Waals surface area (Å²) < 4.78 is 0. The predicted octanol–water partition coefficient (Wildman–Crippen LogP) is 3.62. The number of rotatable bonds is 3. The van der Waals surface area contributed by atoms with E-state index in [1.807, 2.05) is 36.4 Å². The molecule has 17 heavy (non-hydrogen) atoms. The minimum absolute atomic E-state index is 0.505. The number of pyridine rings is 1. The van der Waals surface area contributed by atoms with Gasteiger partial charge in [0.1, 0.15) is 5.82 Å². The molecule has 2 N–H and O–H groups in total. The van der Waals surface area contributed by atoms with Crippen LogP contribution in [0.1, 0.15) is 11.1 Å². The number of hydrogen-bond donors (Lipinski definition) is 1. The number of nitrogens with zero attached hydrogens (tertiary/aromatic N) is 1. The maximum Gasteiger partial charge on any atom is 0.131 e. The minimum Gasteiger partial charge on any atom is -0.383 e. The second-order valence-corrected chi connectivity index (χ2v) is 3.69. The van der Waals surface area contributed by atoms with Gasteiger partial charge in [0.05, 0.1) is 0 Å². The summed E-state index contributed by atoms with van der Waals surface area (Å²) in [6, 6.07) is 10.1. The molecule has 1 aromatic carbocycles. The Labute approximate surface area is 101 Å². The normalized spacial score (nSPS) is 9.88. The van der Waals surface area contributed by atoms with E-state index in [-0.39, 0.29) is 0 Å². The minimum atomic E-state index is 0.505. The Morgan fingerprint density at radius 2 is 1.71 bits per heavy atom.